The zero-order valence-corrected chi connectivity index (χ0v) is 14.5. The molecule has 1 aromatic heterocycles. The van der Waals surface area contributed by atoms with E-state index in [1.54, 1.807) is 0 Å². The summed E-state index contributed by atoms with van der Waals surface area (Å²) in [6, 6.07) is 0. The maximum atomic E-state index is 6.73. The van der Waals surface area contributed by atoms with Crippen molar-refractivity contribution in [3.8, 4) is 0 Å². The number of hydrogen-bond acceptors (Lipinski definition) is 4. The van der Waals surface area contributed by atoms with Crippen LogP contribution in [0.3, 0.4) is 0 Å². The van der Waals surface area contributed by atoms with Gasteiger partial charge >= 0.3 is 0 Å². The van der Waals surface area contributed by atoms with Gasteiger partial charge in [-0.2, -0.15) is 0 Å². The summed E-state index contributed by atoms with van der Waals surface area (Å²) in [6.07, 6.45) is 5.90. The molecular weight excluding hydrogens is 278 g/mol. The fourth-order valence-electron chi connectivity index (χ4n) is 3.92. The Morgan fingerprint density at radius 2 is 2.29 bits per heavy atom. The summed E-state index contributed by atoms with van der Waals surface area (Å²) in [7, 11) is 0. The Hall–Kier alpha value is -0.450. The van der Waals surface area contributed by atoms with Crippen LogP contribution in [0.5, 0.6) is 0 Å². The number of aromatic nitrogens is 1. The van der Waals surface area contributed by atoms with Gasteiger partial charge in [0.25, 0.3) is 0 Å². The molecule has 2 heterocycles. The van der Waals surface area contributed by atoms with Crippen LogP contribution in [0.15, 0.2) is 0 Å². The van der Waals surface area contributed by atoms with E-state index in [1.165, 1.54) is 35.0 Å². The van der Waals surface area contributed by atoms with Gasteiger partial charge in [0.2, 0.25) is 0 Å². The van der Waals surface area contributed by atoms with Crippen molar-refractivity contribution in [3.05, 3.63) is 15.6 Å². The topological polar surface area (TPSA) is 42.2 Å². The summed E-state index contributed by atoms with van der Waals surface area (Å²) in [6.45, 7) is 10.4. The van der Waals surface area contributed by atoms with Crippen molar-refractivity contribution in [2.75, 3.05) is 13.1 Å². The summed E-state index contributed by atoms with van der Waals surface area (Å²) >= 11 is 1.90. The molecule has 4 heteroatoms. The molecule has 0 radical (unpaired) electrons. The fourth-order valence-corrected chi connectivity index (χ4v) is 5.21. The molecule has 1 saturated carbocycles. The molecule has 1 aliphatic heterocycles. The highest BCUT2D eigenvalue weighted by molar-refractivity contribution is 7.11. The molecule has 2 aliphatic rings. The van der Waals surface area contributed by atoms with E-state index in [2.05, 4.69) is 25.7 Å². The predicted octanol–water partition coefficient (Wildman–Crippen LogP) is 3.52. The maximum Gasteiger partial charge on any atom is 0.113 e. The van der Waals surface area contributed by atoms with Crippen molar-refractivity contribution in [3.63, 3.8) is 0 Å². The second kappa shape index (κ2) is 5.98. The lowest BCUT2D eigenvalue weighted by Crippen LogP contribution is -2.40. The van der Waals surface area contributed by atoms with Crippen molar-refractivity contribution >= 4 is 11.3 Å². The van der Waals surface area contributed by atoms with E-state index in [0.29, 0.717) is 0 Å². The zero-order chi connectivity index (χ0) is 15.0. The van der Waals surface area contributed by atoms with Crippen LogP contribution in [0.1, 0.15) is 62.0 Å². The Balaban J connectivity index is 1.77. The van der Waals surface area contributed by atoms with Crippen molar-refractivity contribution in [2.24, 2.45) is 17.6 Å². The second-order valence-electron chi connectivity index (χ2n) is 7.63. The lowest BCUT2D eigenvalue weighted by Gasteiger charge is -2.35. The molecule has 1 aromatic rings. The van der Waals surface area contributed by atoms with Crippen molar-refractivity contribution in [2.45, 2.75) is 65.0 Å². The fraction of sp³-hybridized carbons (Fsp3) is 0.824. The van der Waals surface area contributed by atoms with E-state index >= 15 is 0 Å². The molecule has 1 fully saturated rings. The highest BCUT2D eigenvalue weighted by Gasteiger charge is 2.36. The first-order valence-electron chi connectivity index (χ1n) is 8.46. The first-order valence-corrected chi connectivity index (χ1v) is 9.28. The molecule has 3 nitrogen and oxygen atoms in total. The van der Waals surface area contributed by atoms with Crippen LogP contribution in [0, 0.1) is 11.8 Å². The van der Waals surface area contributed by atoms with E-state index in [4.69, 9.17) is 10.7 Å². The maximum absolute atomic E-state index is 6.73. The summed E-state index contributed by atoms with van der Waals surface area (Å²) < 4.78 is 0. The highest BCUT2D eigenvalue weighted by Crippen LogP contribution is 2.41. The van der Waals surface area contributed by atoms with Crippen LogP contribution >= 0.6 is 11.3 Å². The van der Waals surface area contributed by atoms with Gasteiger partial charge in [-0.3, -0.25) is 4.90 Å². The molecule has 0 spiro atoms. The minimum atomic E-state index is -0.150. The Morgan fingerprint density at radius 1 is 1.48 bits per heavy atom. The van der Waals surface area contributed by atoms with Gasteiger partial charge < -0.3 is 5.73 Å². The normalized spacial score (nSPS) is 30.6. The van der Waals surface area contributed by atoms with Crippen molar-refractivity contribution in [1.29, 1.82) is 0 Å². The molecule has 3 rings (SSSR count). The summed E-state index contributed by atoms with van der Waals surface area (Å²) in [4.78, 5) is 9.00. The molecule has 1 aliphatic carbocycles. The predicted molar refractivity (Wildman–Crippen MR) is 89.4 cm³/mol. The van der Waals surface area contributed by atoms with E-state index < -0.39 is 0 Å². The summed E-state index contributed by atoms with van der Waals surface area (Å²) in [5.74, 6) is 1.47. The number of rotatable bonds is 3. The molecule has 0 saturated heterocycles. The monoisotopic (exact) mass is 307 g/mol. The molecule has 21 heavy (non-hydrogen) atoms. The van der Waals surface area contributed by atoms with Crippen LogP contribution in [0.25, 0.3) is 0 Å². The van der Waals surface area contributed by atoms with Crippen LogP contribution in [0.2, 0.25) is 0 Å². The van der Waals surface area contributed by atoms with Gasteiger partial charge in [0.1, 0.15) is 5.01 Å². The average molecular weight is 308 g/mol. The molecule has 2 N–H and O–H groups in total. The number of fused-ring (bicyclic) bond motifs is 1. The molecule has 0 aromatic carbocycles. The number of hydrogen-bond donors (Lipinski definition) is 1. The highest BCUT2D eigenvalue weighted by atomic mass is 32.1. The van der Waals surface area contributed by atoms with Crippen LogP contribution in [0.4, 0.5) is 0 Å². The minimum Gasteiger partial charge on any atom is -0.319 e. The first-order chi connectivity index (χ1) is 9.96. The van der Waals surface area contributed by atoms with E-state index in [9.17, 15) is 0 Å². The molecule has 0 amide bonds. The van der Waals surface area contributed by atoms with Gasteiger partial charge in [-0.1, -0.05) is 33.6 Å². The number of nitrogens with zero attached hydrogens (tertiary/aromatic N) is 2. The van der Waals surface area contributed by atoms with Crippen molar-refractivity contribution < 1.29 is 0 Å². The van der Waals surface area contributed by atoms with Gasteiger partial charge in [0.05, 0.1) is 11.2 Å². The lowest BCUT2D eigenvalue weighted by atomic mass is 9.77. The third kappa shape index (κ3) is 3.33. The van der Waals surface area contributed by atoms with Gasteiger partial charge in [0, 0.05) is 30.9 Å². The third-order valence-corrected chi connectivity index (χ3v) is 6.19. The third-order valence-electron chi connectivity index (χ3n) is 4.89. The van der Waals surface area contributed by atoms with E-state index in [0.717, 1.165) is 44.2 Å². The molecule has 2 atom stereocenters. The Morgan fingerprint density at radius 3 is 3.00 bits per heavy atom. The largest absolute Gasteiger partial charge is 0.319 e. The summed E-state index contributed by atoms with van der Waals surface area (Å²) in [5.41, 5.74) is 7.91. The van der Waals surface area contributed by atoms with E-state index in [1.807, 2.05) is 11.3 Å². The van der Waals surface area contributed by atoms with Gasteiger partial charge in [-0.05, 0) is 24.7 Å². The van der Waals surface area contributed by atoms with Gasteiger partial charge in [0.15, 0.2) is 0 Å². The Bertz CT molecular complexity index is 496. The van der Waals surface area contributed by atoms with Crippen LogP contribution < -0.4 is 5.73 Å². The van der Waals surface area contributed by atoms with Crippen LogP contribution in [-0.4, -0.2) is 23.0 Å². The molecular formula is C17H29N3S. The minimum absolute atomic E-state index is 0.150. The van der Waals surface area contributed by atoms with Gasteiger partial charge in [-0.25, -0.2) is 4.98 Å². The number of nitrogens with two attached hydrogens (primary N) is 1. The quantitative estimate of drug-likeness (QED) is 0.929. The summed E-state index contributed by atoms with van der Waals surface area (Å²) in [5, 5.41) is 1.21. The first kappa shape index (κ1) is 15.4. The molecule has 118 valence electrons. The second-order valence-corrected chi connectivity index (χ2v) is 8.71. The average Bonchev–Trinajstić information content (AvgIpc) is 2.81. The zero-order valence-electron chi connectivity index (χ0n) is 13.7. The lowest BCUT2D eigenvalue weighted by molar-refractivity contribution is 0.226. The Labute approximate surface area is 132 Å². The van der Waals surface area contributed by atoms with Gasteiger partial charge in [-0.15, -0.1) is 11.3 Å². The Kier molecular flexibility index (Phi) is 4.40. The van der Waals surface area contributed by atoms with E-state index in [-0.39, 0.29) is 5.54 Å². The SMILES string of the molecule is CC(C)CN1CCc2nc(C3(N)CCCC(C)C3)sc2C1. The van der Waals surface area contributed by atoms with Crippen LogP contribution in [-0.2, 0) is 18.5 Å². The van der Waals surface area contributed by atoms with Crippen molar-refractivity contribution in [1.82, 2.24) is 9.88 Å². The molecule has 2 unspecified atom stereocenters. The smallest absolute Gasteiger partial charge is 0.113 e. The number of thiazole rings is 1. The molecule has 0 bridgehead atoms. The standard InChI is InChI=1S/C17H29N3S/c1-12(2)10-20-8-6-14-15(11-20)21-16(19-14)17(18)7-4-5-13(3)9-17/h12-13H,4-11,18H2,1-3H3.